The van der Waals surface area contributed by atoms with Gasteiger partial charge in [0.25, 0.3) is 0 Å². The van der Waals surface area contributed by atoms with E-state index in [4.69, 9.17) is 4.74 Å². The third kappa shape index (κ3) is 5.60. The quantitative estimate of drug-likeness (QED) is 0.690. The van der Waals surface area contributed by atoms with E-state index in [1.165, 1.54) is 12.8 Å². The average molecular weight is 264 g/mol. The van der Waals surface area contributed by atoms with E-state index < -0.39 is 0 Å². The summed E-state index contributed by atoms with van der Waals surface area (Å²) in [6, 6.07) is 4.07. The second-order valence-corrected chi connectivity index (χ2v) is 5.07. The lowest BCUT2D eigenvalue weighted by Gasteiger charge is -2.16. The van der Waals surface area contributed by atoms with E-state index in [0.717, 1.165) is 43.3 Å². The zero-order valence-electron chi connectivity index (χ0n) is 12.8. The molecule has 19 heavy (non-hydrogen) atoms. The predicted molar refractivity (Wildman–Crippen MR) is 80.5 cm³/mol. The minimum absolute atomic E-state index is 0.637. The van der Waals surface area contributed by atoms with Crippen molar-refractivity contribution in [2.45, 2.75) is 53.5 Å². The zero-order chi connectivity index (χ0) is 14.1. The van der Waals surface area contributed by atoms with Gasteiger partial charge in [0, 0.05) is 12.2 Å². The zero-order valence-corrected chi connectivity index (χ0v) is 12.8. The van der Waals surface area contributed by atoms with E-state index in [1.54, 1.807) is 0 Å². The molecule has 1 rings (SSSR count). The van der Waals surface area contributed by atoms with Gasteiger partial charge in [0.2, 0.25) is 0 Å². The van der Waals surface area contributed by atoms with E-state index in [0.29, 0.717) is 5.92 Å². The summed E-state index contributed by atoms with van der Waals surface area (Å²) in [5.74, 6) is 1.57. The molecule has 1 aromatic heterocycles. The first-order valence-electron chi connectivity index (χ1n) is 7.51. The number of aryl methyl sites for hydroxylation is 1. The van der Waals surface area contributed by atoms with Crippen molar-refractivity contribution < 1.29 is 4.74 Å². The van der Waals surface area contributed by atoms with Crippen molar-refractivity contribution in [1.82, 2.24) is 10.3 Å². The van der Waals surface area contributed by atoms with E-state index in [1.807, 2.05) is 19.1 Å². The largest absolute Gasteiger partial charge is 0.491 e. The molecule has 0 aliphatic heterocycles. The number of nitrogens with zero attached hydrogens (tertiary/aromatic N) is 1. The first-order chi connectivity index (χ1) is 9.21. The van der Waals surface area contributed by atoms with Gasteiger partial charge >= 0.3 is 0 Å². The maximum atomic E-state index is 5.96. The summed E-state index contributed by atoms with van der Waals surface area (Å²) >= 11 is 0. The first-order valence-corrected chi connectivity index (χ1v) is 7.51. The molecule has 0 aromatic carbocycles. The van der Waals surface area contributed by atoms with Crippen LogP contribution in [0.25, 0.3) is 0 Å². The molecule has 3 nitrogen and oxygen atoms in total. The maximum absolute atomic E-state index is 5.96. The molecule has 0 saturated heterocycles. The third-order valence-electron chi connectivity index (χ3n) is 3.42. The summed E-state index contributed by atoms with van der Waals surface area (Å²) in [6.45, 7) is 11.2. The maximum Gasteiger partial charge on any atom is 0.142 e. The molecule has 1 heterocycles. The fraction of sp³-hybridized carbons (Fsp3) is 0.688. The second-order valence-electron chi connectivity index (χ2n) is 5.07. The summed E-state index contributed by atoms with van der Waals surface area (Å²) in [4.78, 5) is 4.59. The molecular formula is C16H28N2O. The Hall–Kier alpha value is -1.09. The fourth-order valence-electron chi connectivity index (χ4n) is 1.97. The topological polar surface area (TPSA) is 34.2 Å². The number of pyridine rings is 1. The number of ether oxygens (including phenoxy) is 1. The van der Waals surface area contributed by atoms with Crippen LogP contribution in [0.5, 0.6) is 5.75 Å². The summed E-state index contributed by atoms with van der Waals surface area (Å²) in [5.41, 5.74) is 2.07. The van der Waals surface area contributed by atoms with Crippen LogP contribution in [0.1, 0.15) is 51.4 Å². The number of hydrogen-bond donors (Lipinski definition) is 1. The van der Waals surface area contributed by atoms with Crippen molar-refractivity contribution in [2.24, 2.45) is 5.92 Å². The molecule has 0 aliphatic carbocycles. The monoisotopic (exact) mass is 264 g/mol. The van der Waals surface area contributed by atoms with Crippen molar-refractivity contribution in [3.8, 4) is 5.75 Å². The van der Waals surface area contributed by atoms with Crippen LogP contribution in [-0.4, -0.2) is 18.1 Å². The minimum Gasteiger partial charge on any atom is -0.491 e. The summed E-state index contributed by atoms with van der Waals surface area (Å²) in [5, 5.41) is 3.39. The molecule has 108 valence electrons. The molecule has 0 unspecified atom stereocenters. The first kappa shape index (κ1) is 16.0. The van der Waals surface area contributed by atoms with Gasteiger partial charge in [-0.25, -0.2) is 0 Å². The van der Waals surface area contributed by atoms with Crippen molar-refractivity contribution in [2.75, 3.05) is 13.2 Å². The molecule has 0 spiro atoms. The van der Waals surface area contributed by atoms with Crippen molar-refractivity contribution in [1.29, 1.82) is 0 Å². The van der Waals surface area contributed by atoms with Crippen LogP contribution < -0.4 is 10.1 Å². The van der Waals surface area contributed by atoms with Gasteiger partial charge in [-0.3, -0.25) is 4.98 Å². The molecule has 0 saturated carbocycles. The Kier molecular flexibility index (Phi) is 7.49. The van der Waals surface area contributed by atoms with Crippen molar-refractivity contribution in [3.63, 3.8) is 0 Å². The summed E-state index contributed by atoms with van der Waals surface area (Å²) in [7, 11) is 0. The van der Waals surface area contributed by atoms with Gasteiger partial charge in [0.05, 0.1) is 12.3 Å². The molecule has 0 atom stereocenters. The van der Waals surface area contributed by atoms with E-state index in [9.17, 15) is 0 Å². The standard InChI is InChI=1S/C16H28N2O/c1-5-10-17-11-15-16(9-8-13(4)18-15)19-12-14(6-2)7-3/h8-9,14,17H,5-7,10-12H2,1-4H3. The highest BCUT2D eigenvalue weighted by Crippen LogP contribution is 2.19. The summed E-state index contributed by atoms with van der Waals surface area (Å²) < 4.78 is 5.96. The molecule has 0 amide bonds. The second kappa shape index (κ2) is 8.92. The Labute approximate surface area is 117 Å². The lowest BCUT2D eigenvalue weighted by molar-refractivity contribution is 0.237. The molecule has 1 N–H and O–H groups in total. The molecule has 3 heteroatoms. The van der Waals surface area contributed by atoms with Gasteiger partial charge in [-0.05, 0) is 37.9 Å². The molecule has 0 bridgehead atoms. The number of nitrogens with one attached hydrogen (secondary N) is 1. The minimum atomic E-state index is 0.637. The lowest BCUT2D eigenvalue weighted by atomic mass is 10.1. The van der Waals surface area contributed by atoms with E-state index in [-0.39, 0.29) is 0 Å². The SMILES string of the molecule is CCCNCc1nc(C)ccc1OCC(CC)CC. The average Bonchev–Trinajstić information content (AvgIpc) is 2.42. The summed E-state index contributed by atoms with van der Waals surface area (Å²) in [6.07, 6.45) is 3.47. The lowest BCUT2D eigenvalue weighted by Crippen LogP contribution is -2.17. The van der Waals surface area contributed by atoms with Crippen LogP contribution in [0.4, 0.5) is 0 Å². The van der Waals surface area contributed by atoms with Crippen LogP contribution in [-0.2, 0) is 6.54 Å². The van der Waals surface area contributed by atoms with E-state index in [2.05, 4.69) is 31.1 Å². The normalized spacial score (nSPS) is 11.0. The van der Waals surface area contributed by atoms with E-state index >= 15 is 0 Å². The van der Waals surface area contributed by atoms with Gasteiger partial charge in [-0.1, -0.05) is 33.6 Å². The molecule has 0 fully saturated rings. The Morgan fingerprint density at radius 1 is 1.21 bits per heavy atom. The van der Waals surface area contributed by atoms with Gasteiger partial charge in [-0.2, -0.15) is 0 Å². The highest BCUT2D eigenvalue weighted by molar-refractivity contribution is 5.29. The van der Waals surface area contributed by atoms with Gasteiger partial charge in [0.1, 0.15) is 5.75 Å². The van der Waals surface area contributed by atoms with Crippen molar-refractivity contribution in [3.05, 3.63) is 23.5 Å². The molecule has 0 aliphatic rings. The van der Waals surface area contributed by atoms with Crippen LogP contribution in [0.2, 0.25) is 0 Å². The Balaban J connectivity index is 2.64. The molecule has 0 radical (unpaired) electrons. The third-order valence-corrected chi connectivity index (χ3v) is 3.42. The van der Waals surface area contributed by atoms with Gasteiger partial charge < -0.3 is 10.1 Å². The van der Waals surface area contributed by atoms with Crippen molar-refractivity contribution >= 4 is 0 Å². The highest BCUT2D eigenvalue weighted by atomic mass is 16.5. The van der Waals surface area contributed by atoms with Crippen LogP contribution in [0, 0.1) is 12.8 Å². The number of hydrogen-bond acceptors (Lipinski definition) is 3. The molecular weight excluding hydrogens is 236 g/mol. The fourth-order valence-corrected chi connectivity index (χ4v) is 1.97. The number of aromatic nitrogens is 1. The van der Waals surface area contributed by atoms with Crippen LogP contribution >= 0.6 is 0 Å². The van der Waals surface area contributed by atoms with Gasteiger partial charge in [0.15, 0.2) is 0 Å². The Morgan fingerprint density at radius 3 is 2.58 bits per heavy atom. The van der Waals surface area contributed by atoms with Crippen LogP contribution in [0.3, 0.4) is 0 Å². The van der Waals surface area contributed by atoms with Crippen LogP contribution in [0.15, 0.2) is 12.1 Å². The Morgan fingerprint density at radius 2 is 1.95 bits per heavy atom. The predicted octanol–water partition coefficient (Wildman–Crippen LogP) is 3.70. The smallest absolute Gasteiger partial charge is 0.142 e. The highest BCUT2D eigenvalue weighted by Gasteiger charge is 2.09. The number of rotatable bonds is 9. The Bertz CT molecular complexity index is 362. The molecule has 1 aromatic rings. The van der Waals surface area contributed by atoms with Gasteiger partial charge in [-0.15, -0.1) is 0 Å².